The van der Waals surface area contributed by atoms with Crippen molar-refractivity contribution in [3.05, 3.63) is 66.0 Å². The van der Waals surface area contributed by atoms with Crippen LogP contribution in [0.4, 0.5) is 4.79 Å². The van der Waals surface area contributed by atoms with Crippen molar-refractivity contribution in [1.82, 2.24) is 20.1 Å². The Hall–Kier alpha value is -3.22. The molecule has 2 fully saturated rings. The van der Waals surface area contributed by atoms with Crippen LogP contribution in [0.5, 0.6) is 0 Å². The zero-order valence-corrected chi connectivity index (χ0v) is 15.5. The van der Waals surface area contributed by atoms with Gasteiger partial charge in [-0.2, -0.15) is 0 Å². The molecule has 144 valence electrons. The van der Waals surface area contributed by atoms with Gasteiger partial charge in [0.05, 0.1) is 6.42 Å². The number of piperidine rings is 1. The van der Waals surface area contributed by atoms with E-state index in [1.54, 1.807) is 22.2 Å². The Kier molecular flexibility index (Phi) is 4.81. The Balaban J connectivity index is 1.45. The summed E-state index contributed by atoms with van der Waals surface area (Å²) in [6.45, 7) is 1.28. The van der Waals surface area contributed by atoms with Crippen LogP contribution in [0.25, 0.3) is 0 Å². The van der Waals surface area contributed by atoms with E-state index in [4.69, 9.17) is 0 Å². The van der Waals surface area contributed by atoms with Gasteiger partial charge in [0.25, 0.3) is 5.91 Å². The van der Waals surface area contributed by atoms with Crippen molar-refractivity contribution in [1.29, 1.82) is 0 Å². The van der Waals surface area contributed by atoms with E-state index in [2.05, 4.69) is 10.3 Å². The van der Waals surface area contributed by atoms with Crippen molar-refractivity contribution in [3.63, 3.8) is 0 Å². The van der Waals surface area contributed by atoms with Gasteiger partial charge in [0.1, 0.15) is 5.54 Å². The molecule has 2 aromatic rings. The van der Waals surface area contributed by atoms with Crippen molar-refractivity contribution in [3.8, 4) is 0 Å². The first-order chi connectivity index (χ1) is 13.6. The van der Waals surface area contributed by atoms with E-state index in [1.807, 2.05) is 42.5 Å². The number of hydrogen-bond acceptors (Lipinski definition) is 4. The summed E-state index contributed by atoms with van der Waals surface area (Å²) in [5.74, 6) is -0.241. The predicted octanol–water partition coefficient (Wildman–Crippen LogP) is 1.74. The third-order valence-corrected chi connectivity index (χ3v) is 5.61. The average Bonchev–Trinajstić information content (AvgIpc) is 2.94. The van der Waals surface area contributed by atoms with E-state index in [0.29, 0.717) is 38.9 Å². The third-order valence-electron chi connectivity index (χ3n) is 5.61. The molecule has 1 aromatic carbocycles. The fourth-order valence-corrected chi connectivity index (χ4v) is 4.00. The second kappa shape index (κ2) is 7.42. The van der Waals surface area contributed by atoms with Crippen LogP contribution in [0.1, 0.15) is 24.0 Å². The predicted molar refractivity (Wildman–Crippen MR) is 102 cm³/mol. The monoisotopic (exact) mass is 378 g/mol. The van der Waals surface area contributed by atoms with Crippen LogP contribution in [0.2, 0.25) is 0 Å². The van der Waals surface area contributed by atoms with Crippen LogP contribution in [0, 0.1) is 0 Å². The SMILES string of the molecule is O=C(Cc1cccnc1)N1CCC2(CC1)C(=O)NC(=O)N2Cc1ccccc1. The van der Waals surface area contributed by atoms with Crippen LogP contribution in [0.3, 0.4) is 0 Å². The molecule has 2 aliphatic rings. The van der Waals surface area contributed by atoms with Gasteiger partial charge in [0.2, 0.25) is 5.91 Å². The number of pyridine rings is 1. The summed E-state index contributed by atoms with van der Waals surface area (Å²) in [6.07, 6.45) is 4.54. The number of amides is 4. The van der Waals surface area contributed by atoms with Crippen LogP contribution < -0.4 is 5.32 Å². The van der Waals surface area contributed by atoms with E-state index in [-0.39, 0.29) is 17.8 Å². The molecular weight excluding hydrogens is 356 g/mol. The number of aromatic nitrogens is 1. The lowest BCUT2D eigenvalue weighted by Crippen LogP contribution is -2.57. The molecule has 0 atom stereocenters. The number of imide groups is 1. The molecule has 1 aromatic heterocycles. The molecule has 7 nitrogen and oxygen atoms in total. The normalized spacial score (nSPS) is 18.4. The molecule has 4 amide bonds. The molecule has 0 saturated carbocycles. The fraction of sp³-hybridized carbons (Fsp3) is 0.333. The smallest absolute Gasteiger partial charge is 0.325 e. The summed E-state index contributed by atoms with van der Waals surface area (Å²) in [7, 11) is 0. The van der Waals surface area contributed by atoms with E-state index in [0.717, 1.165) is 11.1 Å². The number of likely N-dealkylation sites (tertiary alicyclic amines) is 1. The summed E-state index contributed by atoms with van der Waals surface area (Å²) < 4.78 is 0. The number of benzene rings is 1. The molecule has 0 aliphatic carbocycles. The summed E-state index contributed by atoms with van der Waals surface area (Å²) in [4.78, 5) is 45.1. The summed E-state index contributed by atoms with van der Waals surface area (Å²) in [6, 6.07) is 13.0. The average molecular weight is 378 g/mol. The quantitative estimate of drug-likeness (QED) is 0.822. The summed E-state index contributed by atoms with van der Waals surface area (Å²) in [5, 5.41) is 2.47. The van der Waals surface area contributed by atoms with Gasteiger partial charge in [-0.05, 0) is 30.0 Å². The van der Waals surface area contributed by atoms with Crippen LogP contribution in [0.15, 0.2) is 54.9 Å². The lowest BCUT2D eigenvalue weighted by atomic mass is 9.85. The Morgan fingerprint density at radius 2 is 1.75 bits per heavy atom. The summed E-state index contributed by atoms with van der Waals surface area (Å²) >= 11 is 0. The molecule has 0 radical (unpaired) electrons. The van der Waals surface area contributed by atoms with Gasteiger partial charge in [0.15, 0.2) is 0 Å². The maximum absolute atomic E-state index is 12.6. The highest BCUT2D eigenvalue weighted by Gasteiger charge is 2.54. The molecule has 0 bridgehead atoms. The lowest BCUT2D eigenvalue weighted by molar-refractivity contribution is -0.137. The van der Waals surface area contributed by atoms with E-state index in [9.17, 15) is 14.4 Å². The minimum Gasteiger partial charge on any atom is -0.342 e. The Morgan fingerprint density at radius 1 is 1.04 bits per heavy atom. The van der Waals surface area contributed by atoms with Gasteiger partial charge >= 0.3 is 6.03 Å². The van der Waals surface area contributed by atoms with Crippen molar-refractivity contribution >= 4 is 17.8 Å². The Bertz CT molecular complexity index is 877. The van der Waals surface area contributed by atoms with E-state index in [1.165, 1.54) is 0 Å². The van der Waals surface area contributed by atoms with Gasteiger partial charge in [0, 0.05) is 32.0 Å². The van der Waals surface area contributed by atoms with Crippen molar-refractivity contribution < 1.29 is 14.4 Å². The maximum Gasteiger partial charge on any atom is 0.325 e. The zero-order chi connectivity index (χ0) is 19.6. The minimum absolute atomic E-state index is 0.0159. The molecule has 0 unspecified atom stereocenters. The third kappa shape index (κ3) is 3.35. The summed E-state index contributed by atoms with van der Waals surface area (Å²) in [5.41, 5.74) is 0.965. The molecule has 4 rings (SSSR count). The first kappa shape index (κ1) is 18.2. The largest absolute Gasteiger partial charge is 0.342 e. The fourth-order valence-electron chi connectivity index (χ4n) is 4.00. The number of nitrogens with zero attached hydrogens (tertiary/aromatic N) is 3. The lowest BCUT2D eigenvalue weighted by Gasteiger charge is -2.42. The topological polar surface area (TPSA) is 82.6 Å². The van der Waals surface area contributed by atoms with Gasteiger partial charge in [-0.1, -0.05) is 36.4 Å². The van der Waals surface area contributed by atoms with Gasteiger partial charge in [-0.3, -0.25) is 19.9 Å². The highest BCUT2D eigenvalue weighted by atomic mass is 16.2. The molecule has 2 saturated heterocycles. The molecule has 2 aliphatic heterocycles. The maximum atomic E-state index is 12.6. The Morgan fingerprint density at radius 3 is 2.43 bits per heavy atom. The van der Waals surface area contributed by atoms with E-state index >= 15 is 0 Å². The van der Waals surface area contributed by atoms with Gasteiger partial charge < -0.3 is 9.80 Å². The van der Waals surface area contributed by atoms with Crippen molar-refractivity contribution in [2.75, 3.05) is 13.1 Å². The second-order valence-corrected chi connectivity index (χ2v) is 7.28. The minimum atomic E-state index is -0.877. The molecule has 7 heteroatoms. The Labute approximate surface area is 163 Å². The first-order valence-corrected chi connectivity index (χ1v) is 9.42. The first-order valence-electron chi connectivity index (χ1n) is 9.42. The van der Waals surface area contributed by atoms with Gasteiger partial charge in [-0.15, -0.1) is 0 Å². The standard InChI is InChI=1S/C21H22N4O3/c26-18(13-17-7-4-10-22-14-17)24-11-8-21(9-12-24)19(27)23-20(28)25(21)15-16-5-2-1-3-6-16/h1-7,10,14H,8-9,11-13,15H2,(H,23,27,28). The van der Waals surface area contributed by atoms with Crippen LogP contribution >= 0.6 is 0 Å². The highest BCUT2D eigenvalue weighted by molar-refractivity contribution is 6.07. The van der Waals surface area contributed by atoms with Crippen LogP contribution in [-0.2, 0) is 22.6 Å². The number of hydrogen-bond donors (Lipinski definition) is 1. The molecule has 3 heterocycles. The van der Waals surface area contributed by atoms with Gasteiger partial charge in [-0.25, -0.2) is 4.79 Å². The second-order valence-electron chi connectivity index (χ2n) is 7.28. The molecular formula is C21H22N4O3. The molecule has 1 spiro atoms. The zero-order valence-electron chi connectivity index (χ0n) is 15.5. The number of carbonyl (C=O) groups excluding carboxylic acids is 3. The van der Waals surface area contributed by atoms with Crippen molar-refractivity contribution in [2.45, 2.75) is 31.3 Å². The number of carbonyl (C=O) groups is 3. The molecule has 1 N–H and O–H groups in total. The highest BCUT2D eigenvalue weighted by Crippen LogP contribution is 2.34. The molecule has 28 heavy (non-hydrogen) atoms. The number of rotatable bonds is 4. The number of urea groups is 1. The number of nitrogens with one attached hydrogen (secondary N) is 1. The van der Waals surface area contributed by atoms with E-state index < -0.39 is 5.54 Å². The van der Waals surface area contributed by atoms with Crippen molar-refractivity contribution in [2.24, 2.45) is 0 Å². The van der Waals surface area contributed by atoms with Crippen LogP contribution in [-0.4, -0.2) is 51.3 Å².